The van der Waals surface area contributed by atoms with Crippen LogP contribution >= 0.6 is 0 Å². The largest absolute Gasteiger partial charge is 0.454 e. The van der Waals surface area contributed by atoms with E-state index in [-0.39, 0.29) is 31.2 Å². The van der Waals surface area contributed by atoms with E-state index in [1.54, 1.807) is 11.8 Å². The number of hydrogen-bond donors (Lipinski definition) is 0. The van der Waals surface area contributed by atoms with Gasteiger partial charge in [0.1, 0.15) is 0 Å². The number of fused-ring (bicyclic) bond motifs is 1. The van der Waals surface area contributed by atoms with Gasteiger partial charge in [0.15, 0.2) is 11.5 Å². The molecule has 28 heavy (non-hydrogen) atoms. The molecule has 1 aromatic rings. The van der Waals surface area contributed by atoms with Gasteiger partial charge in [0, 0.05) is 45.7 Å². The maximum absolute atomic E-state index is 12.7. The molecule has 1 saturated heterocycles. The van der Waals surface area contributed by atoms with Gasteiger partial charge in [-0.1, -0.05) is 18.9 Å². The zero-order valence-corrected chi connectivity index (χ0v) is 16.6. The molecule has 2 heterocycles. The molecule has 2 aliphatic heterocycles. The van der Waals surface area contributed by atoms with Gasteiger partial charge in [-0.3, -0.25) is 14.5 Å². The van der Waals surface area contributed by atoms with Crippen LogP contribution in [-0.4, -0.2) is 72.1 Å². The first kappa shape index (κ1) is 19.1. The van der Waals surface area contributed by atoms with E-state index in [9.17, 15) is 9.59 Å². The Morgan fingerprint density at radius 3 is 2.50 bits per heavy atom. The smallest absolute Gasteiger partial charge is 0.242 e. The minimum absolute atomic E-state index is 0.0155. The number of amides is 2. The second-order valence-electron chi connectivity index (χ2n) is 7.93. The predicted octanol–water partition coefficient (Wildman–Crippen LogP) is 1.85. The highest BCUT2D eigenvalue weighted by Crippen LogP contribution is 2.32. The summed E-state index contributed by atoms with van der Waals surface area (Å²) in [5.74, 6) is 1.70. The molecule has 0 radical (unpaired) electrons. The fourth-order valence-corrected chi connectivity index (χ4v) is 4.41. The van der Waals surface area contributed by atoms with Gasteiger partial charge in [-0.05, 0) is 30.5 Å². The minimum Gasteiger partial charge on any atom is -0.454 e. The summed E-state index contributed by atoms with van der Waals surface area (Å²) in [7, 11) is 0. The monoisotopic (exact) mass is 387 g/mol. The zero-order valence-electron chi connectivity index (χ0n) is 16.6. The third kappa shape index (κ3) is 4.24. The maximum Gasteiger partial charge on any atom is 0.242 e. The molecule has 152 valence electrons. The molecule has 4 rings (SSSR count). The molecule has 2 amide bonds. The molecule has 1 aromatic carbocycles. The van der Waals surface area contributed by atoms with Crippen molar-refractivity contribution in [2.24, 2.45) is 0 Å². The highest BCUT2D eigenvalue weighted by Gasteiger charge is 2.29. The number of benzene rings is 1. The van der Waals surface area contributed by atoms with Crippen LogP contribution < -0.4 is 9.47 Å². The number of nitrogens with zero attached hydrogens (tertiary/aromatic N) is 3. The Hall–Kier alpha value is -2.28. The van der Waals surface area contributed by atoms with Crippen molar-refractivity contribution in [1.29, 1.82) is 0 Å². The maximum atomic E-state index is 12.7. The lowest BCUT2D eigenvalue weighted by molar-refractivity contribution is -0.142. The summed E-state index contributed by atoms with van der Waals surface area (Å²) in [5, 5.41) is 0. The van der Waals surface area contributed by atoms with E-state index in [0.29, 0.717) is 13.1 Å². The Kier molecular flexibility index (Phi) is 5.71. The Morgan fingerprint density at radius 1 is 1.07 bits per heavy atom. The molecule has 0 aromatic heterocycles. The van der Waals surface area contributed by atoms with Crippen LogP contribution in [0.5, 0.6) is 11.5 Å². The van der Waals surface area contributed by atoms with Gasteiger partial charge < -0.3 is 19.3 Å². The molecular formula is C21H29N3O4. The van der Waals surface area contributed by atoms with E-state index < -0.39 is 0 Å². The van der Waals surface area contributed by atoms with Crippen LogP contribution in [0.1, 0.15) is 38.2 Å². The first-order valence-electron chi connectivity index (χ1n) is 10.3. The Labute approximate surface area is 166 Å². The van der Waals surface area contributed by atoms with Crippen LogP contribution in [-0.2, 0) is 16.1 Å². The van der Waals surface area contributed by atoms with Gasteiger partial charge in [-0.15, -0.1) is 0 Å². The minimum atomic E-state index is 0.0155. The van der Waals surface area contributed by atoms with Crippen molar-refractivity contribution in [2.45, 2.75) is 45.2 Å². The third-order valence-corrected chi connectivity index (χ3v) is 6.04. The van der Waals surface area contributed by atoms with Crippen LogP contribution in [0.2, 0.25) is 0 Å². The standard InChI is InChI=1S/C21H29N3O4/c1-16(25)24(18-4-2-3-5-18)14-21(26)23-10-8-22(9-11-23)13-17-6-7-19-20(12-17)28-15-27-19/h6-7,12,18H,2-5,8-11,13-15H2,1H3. The molecule has 7 nitrogen and oxygen atoms in total. The van der Waals surface area contributed by atoms with E-state index in [0.717, 1.165) is 56.8 Å². The van der Waals surface area contributed by atoms with Crippen molar-refractivity contribution >= 4 is 11.8 Å². The zero-order chi connectivity index (χ0) is 19.5. The second kappa shape index (κ2) is 8.39. The van der Waals surface area contributed by atoms with Gasteiger partial charge in [0.2, 0.25) is 18.6 Å². The van der Waals surface area contributed by atoms with Crippen LogP contribution in [0, 0.1) is 0 Å². The van der Waals surface area contributed by atoms with E-state index in [1.165, 1.54) is 5.56 Å². The van der Waals surface area contributed by atoms with Crippen molar-refractivity contribution in [2.75, 3.05) is 39.5 Å². The lowest BCUT2D eigenvalue weighted by Gasteiger charge is -2.36. The molecule has 1 saturated carbocycles. The summed E-state index contributed by atoms with van der Waals surface area (Å²) in [5.41, 5.74) is 1.19. The highest BCUT2D eigenvalue weighted by atomic mass is 16.7. The summed E-state index contributed by atoms with van der Waals surface area (Å²) in [6.07, 6.45) is 4.36. The van der Waals surface area contributed by atoms with E-state index >= 15 is 0 Å². The number of carbonyl (C=O) groups excluding carboxylic acids is 2. The van der Waals surface area contributed by atoms with Gasteiger partial charge >= 0.3 is 0 Å². The average Bonchev–Trinajstić information content (AvgIpc) is 3.37. The Morgan fingerprint density at radius 2 is 1.79 bits per heavy atom. The molecule has 0 N–H and O–H groups in total. The lowest BCUT2D eigenvalue weighted by atomic mass is 10.1. The van der Waals surface area contributed by atoms with E-state index in [1.807, 2.05) is 17.0 Å². The molecule has 0 bridgehead atoms. The number of rotatable bonds is 5. The topological polar surface area (TPSA) is 62.3 Å². The number of piperazine rings is 1. The SMILES string of the molecule is CC(=O)N(CC(=O)N1CCN(Cc2ccc3c(c2)OCO3)CC1)C1CCCC1. The van der Waals surface area contributed by atoms with Crippen LogP contribution in [0.3, 0.4) is 0 Å². The Bertz CT molecular complexity index is 724. The molecule has 0 unspecified atom stereocenters. The van der Waals surface area contributed by atoms with Crippen LogP contribution in [0.25, 0.3) is 0 Å². The van der Waals surface area contributed by atoms with Gasteiger partial charge in [-0.2, -0.15) is 0 Å². The molecule has 0 atom stereocenters. The fraction of sp³-hybridized carbons (Fsp3) is 0.619. The Balaban J connectivity index is 1.27. The lowest BCUT2D eigenvalue weighted by Crippen LogP contribution is -2.52. The molecule has 7 heteroatoms. The first-order chi connectivity index (χ1) is 13.6. The van der Waals surface area contributed by atoms with Crippen molar-refractivity contribution in [1.82, 2.24) is 14.7 Å². The summed E-state index contributed by atoms with van der Waals surface area (Å²) in [4.78, 5) is 30.8. The predicted molar refractivity (Wildman–Crippen MR) is 104 cm³/mol. The fourth-order valence-electron chi connectivity index (χ4n) is 4.41. The van der Waals surface area contributed by atoms with Crippen molar-refractivity contribution in [3.63, 3.8) is 0 Å². The molecule has 2 fully saturated rings. The second-order valence-corrected chi connectivity index (χ2v) is 7.93. The quantitative estimate of drug-likeness (QED) is 0.772. The third-order valence-electron chi connectivity index (χ3n) is 6.04. The molecule has 1 aliphatic carbocycles. The van der Waals surface area contributed by atoms with E-state index in [2.05, 4.69) is 11.0 Å². The van der Waals surface area contributed by atoms with E-state index in [4.69, 9.17) is 9.47 Å². The van der Waals surface area contributed by atoms with Crippen LogP contribution in [0.15, 0.2) is 18.2 Å². The molecule has 3 aliphatic rings. The van der Waals surface area contributed by atoms with Crippen molar-refractivity contribution in [3.05, 3.63) is 23.8 Å². The summed E-state index contributed by atoms with van der Waals surface area (Å²) < 4.78 is 10.8. The molecule has 0 spiro atoms. The molecular weight excluding hydrogens is 358 g/mol. The summed E-state index contributed by atoms with van der Waals surface area (Å²) in [6, 6.07) is 6.30. The number of ether oxygens (including phenoxy) is 2. The first-order valence-corrected chi connectivity index (χ1v) is 10.3. The van der Waals surface area contributed by atoms with Gasteiger partial charge in [0.05, 0.1) is 6.54 Å². The van der Waals surface area contributed by atoms with Crippen molar-refractivity contribution in [3.8, 4) is 11.5 Å². The average molecular weight is 387 g/mol. The summed E-state index contributed by atoms with van der Waals surface area (Å²) >= 11 is 0. The van der Waals surface area contributed by atoms with Gasteiger partial charge in [0.25, 0.3) is 0 Å². The normalized spacial score (nSPS) is 19.8. The number of hydrogen-bond acceptors (Lipinski definition) is 5. The van der Waals surface area contributed by atoms with Crippen molar-refractivity contribution < 1.29 is 19.1 Å². The number of carbonyl (C=O) groups is 2. The van der Waals surface area contributed by atoms with Gasteiger partial charge in [-0.25, -0.2) is 0 Å². The highest BCUT2D eigenvalue weighted by molar-refractivity contribution is 5.84. The summed E-state index contributed by atoms with van der Waals surface area (Å²) in [6.45, 7) is 6.02. The van der Waals surface area contributed by atoms with Crippen LogP contribution in [0.4, 0.5) is 0 Å².